The molecule has 3 aromatic heterocycles. The summed E-state index contributed by atoms with van der Waals surface area (Å²) in [5.74, 6) is 1.84. The third-order valence-corrected chi connectivity index (χ3v) is 4.14. The van der Waals surface area contributed by atoms with E-state index in [1.165, 1.54) is 0 Å². The summed E-state index contributed by atoms with van der Waals surface area (Å²) < 4.78 is 5.16. The van der Waals surface area contributed by atoms with Gasteiger partial charge in [-0.25, -0.2) is 15.0 Å². The summed E-state index contributed by atoms with van der Waals surface area (Å²) in [6.07, 6.45) is 1.72. The minimum atomic E-state index is 0.129. The van der Waals surface area contributed by atoms with Gasteiger partial charge in [-0.3, -0.25) is 0 Å². The van der Waals surface area contributed by atoms with Crippen molar-refractivity contribution in [3.8, 4) is 28.4 Å². The molecule has 27 heavy (non-hydrogen) atoms. The second-order valence-corrected chi connectivity index (χ2v) is 5.92. The molecule has 3 heterocycles. The van der Waals surface area contributed by atoms with Crippen LogP contribution in [-0.2, 0) is 0 Å². The van der Waals surface area contributed by atoms with Crippen LogP contribution in [0.4, 0.5) is 11.8 Å². The lowest BCUT2D eigenvalue weighted by Crippen LogP contribution is -2.06. The number of pyridine rings is 2. The van der Waals surface area contributed by atoms with Gasteiger partial charge in [0.15, 0.2) is 5.82 Å². The van der Waals surface area contributed by atoms with E-state index in [1.54, 1.807) is 26.3 Å². The number of aryl methyl sites for hydroxylation is 1. The molecule has 0 bridgehead atoms. The Labute approximate surface area is 155 Å². The Morgan fingerprint density at radius 1 is 0.889 bits per heavy atom. The Morgan fingerprint density at radius 2 is 1.70 bits per heavy atom. The molecule has 0 spiro atoms. The summed E-state index contributed by atoms with van der Waals surface area (Å²) >= 11 is 0. The van der Waals surface area contributed by atoms with Crippen molar-refractivity contribution in [2.45, 2.75) is 6.92 Å². The Hall–Kier alpha value is -3.81. The Kier molecular flexibility index (Phi) is 4.00. The second-order valence-electron chi connectivity index (χ2n) is 5.92. The van der Waals surface area contributed by atoms with Crippen molar-refractivity contribution in [2.75, 3.05) is 18.6 Å². The van der Waals surface area contributed by atoms with Gasteiger partial charge >= 0.3 is 0 Å². The Balaban J connectivity index is 2.09. The third-order valence-electron chi connectivity index (χ3n) is 4.14. The van der Waals surface area contributed by atoms with E-state index >= 15 is 0 Å². The summed E-state index contributed by atoms with van der Waals surface area (Å²) in [6.45, 7) is 1.75. The van der Waals surface area contributed by atoms with Gasteiger partial charge in [0, 0.05) is 28.8 Å². The molecule has 0 atom stereocenters. The molecule has 0 saturated heterocycles. The van der Waals surface area contributed by atoms with Gasteiger partial charge in [0.2, 0.25) is 11.8 Å². The number of hydrogen-bond donors (Lipinski definition) is 2. The van der Waals surface area contributed by atoms with Gasteiger partial charge in [0.1, 0.15) is 11.6 Å². The fourth-order valence-electron chi connectivity index (χ4n) is 3.02. The predicted octanol–water partition coefficient (Wildman–Crippen LogP) is 2.63. The van der Waals surface area contributed by atoms with Crippen molar-refractivity contribution in [3.05, 3.63) is 48.4 Å². The van der Waals surface area contributed by atoms with Crippen LogP contribution in [0.5, 0.6) is 5.88 Å². The summed E-state index contributed by atoms with van der Waals surface area (Å²) in [5.41, 5.74) is 15.2. The molecule has 0 fully saturated rings. The number of aromatic nitrogens is 5. The van der Waals surface area contributed by atoms with Gasteiger partial charge in [-0.15, -0.1) is 0 Å². The van der Waals surface area contributed by atoms with Crippen LogP contribution in [0.2, 0.25) is 0 Å². The summed E-state index contributed by atoms with van der Waals surface area (Å²) in [5, 5.41) is 0.908. The first-order valence-electron chi connectivity index (χ1n) is 8.24. The predicted molar refractivity (Wildman–Crippen MR) is 104 cm³/mol. The maximum Gasteiger partial charge on any atom is 0.223 e. The second kappa shape index (κ2) is 6.49. The largest absolute Gasteiger partial charge is 0.481 e. The van der Waals surface area contributed by atoms with Crippen LogP contribution >= 0.6 is 0 Å². The van der Waals surface area contributed by atoms with E-state index in [9.17, 15) is 0 Å². The molecule has 0 radical (unpaired) electrons. The molecule has 8 heteroatoms. The van der Waals surface area contributed by atoms with Crippen LogP contribution in [0.25, 0.3) is 33.4 Å². The third kappa shape index (κ3) is 2.97. The number of nitrogens with zero attached hydrogens (tertiary/aromatic N) is 5. The molecule has 0 amide bonds. The maximum atomic E-state index is 6.32. The van der Waals surface area contributed by atoms with E-state index in [0.29, 0.717) is 28.9 Å². The summed E-state index contributed by atoms with van der Waals surface area (Å²) in [6, 6.07) is 11.4. The highest BCUT2D eigenvalue weighted by atomic mass is 16.5. The molecule has 0 aliphatic rings. The molecule has 1 aromatic carbocycles. The van der Waals surface area contributed by atoms with Crippen molar-refractivity contribution in [1.29, 1.82) is 0 Å². The van der Waals surface area contributed by atoms with Crippen molar-refractivity contribution >= 4 is 22.7 Å². The number of rotatable bonds is 3. The number of nitrogen functional groups attached to an aromatic ring is 2. The van der Waals surface area contributed by atoms with E-state index in [-0.39, 0.29) is 5.95 Å². The molecule has 4 rings (SSSR count). The highest BCUT2D eigenvalue weighted by Crippen LogP contribution is 2.39. The molecule has 0 unspecified atom stereocenters. The van der Waals surface area contributed by atoms with E-state index in [1.807, 2.05) is 30.3 Å². The minimum Gasteiger partial charge on any atom is -0.481 e. The lowest BCUT2D eigenvalue weighted by Gasteiger charge is -2.15. The quantitative estimate of drug-likeness (QED) is 0.572. The zero-order valence-corrected chi connectivity index (χ0v) is 14.8. The standard InChI is InChI=1S/C19H17N7O/c1-10-23-18(26-19(21)24-10)16-15(11-7-8-14(27-2)22-9-11)12-5-3-4-6-13(12)25-17(16)20/h3-9H,1-2H3,(H2,20,25)(H2,21,23,24,26). The first-order chi connectivity index (χ1) is 13.1. The highest BCUT2D eigenvalue weighted by Gasteiger charge is 2.20. The monoisotopic (exact) mass is 359 g/mol. The fourth-order valence-corrected chi connectivity index (χ4v) is 3.02. The molecular weight excluding hydrogens is 342 g/mol. The first kappa shape index (κ1) is 16.6. The van der Waals surface area contributed by atoms with E-state index in [0.717, 1.165) is 22.0 Å². The van der Waals surface area contributed by atoms with Gasteiger partial charge in [-0.1, -0.05) is 18.2 Å². The number of benzene rings is 1. The zero-order valence-electron chi connectivity index (χ0n) is 14.8. The van der Waals surface area contributed by atoms with E-state index in [4.69, 9.17) is 16.2 Å². The fraction of sp³-hybridized carbons (Fsp3) is 0.105. The average molecular weight is 359 g/mol. The van der Waals surface area contributed by atoms with Crippen LogP contribution in [-0.4, -0.2) is 32.0 Å². The Morgan fingerprint density at radius 3 is 2.41 bits per heavy atom. The van der Waals surface area contributed by atoms with E-state index < -0.39 is 0 Å². The number of fused-ring (bicyclic) bond motifs is 1. The number of ether oxygens (including phenoxy) is 1. The molecule has 0 aliphatic carbocycles. The molecule has 4 N–H and O–H groups in total. The van der Waals surface area contributed by atoms with Crippen molar-refractivity contribution in [3.63, 3.8) is 0 Å². The van der Waals surface area contributed by atoms with Crippen LogP contribution < -0.4 is 16.2 Å². The molecule has 0 aliphatic heterocycles. The van der Waals surface area contributed by atoms with Gasteiger partial charge in [-0.2, -0.15) is 9.97 Å². The zero-order chi connectivity index (χ0) is 19.0. The number of hydrogen-bond acceptors (Lipinski definition) is 8. The molecular formula is C19H17N7O. The smallest absolute Gasteiger partial charge is 0.223 e. The van der Waals surface area contributed by atoms with Crippen LogP contribution in [0.3, 0.4) is 0 Å². The average Bonchev–Trinajstić information content (AvgIpc) is 2.66. The van der Waals surface area contributed by atoms with Gasteiger partial charge in [0.25, 0.3) is 0 Å². The molecule has 134 valence electrons. The van der Waals surface area contributed by atoms with Crippen molar-refractivity contribution < 1.29 is 4.74 Å². The normalized spacial score (nSPS) is 10.9. The first-order valence-corrected chi connectivity index (χ1v) is 8.24. The van der Waals surface area contributed by atoms with Crippen molar-refractivity contribution in [2.24, 2.45) is 0 Å². The summed E-state index contributed by atoms with van der Waals surface area (Å²) in [7, 11) is 1.57. The number of nitrogens with two attached hydrogens (primary N) is 2. The van der Waals surface area contributed by atoms with Crippen LogP contribution in [0.15, 0.2) is 42.6 Å². The molecule has 8 nitrogen and oxygen atoms in total. The van der Waals surface area contributed by atoms with Crippen molar-refractivity contribution in [1.82, 2.24) is 24.9 Å². The number of para-hydroxylation sites is 1. The van der Waals surface area contributed by atoms with Crippen LogP contribution in [0, 0.1) is 6.92 Å². The molecule has 0 saturated carbocycles. The number of methoxy groups -OCH3 is 1. The summed E-state index contributed by atoms with van der Waals surface area (Å²) in [4.78, 5) is 21.6. The van der Waals surface area contributed by atoms with E-state index in [2.05, 4.69) is 24.9 Å². The SMILES string of the molecule is COc1ccc(-c2c(-c3nc(C)nc(N)n3)c(N)nc3ccccc23)cn1. The Bertz CT molecular complexity index is 1120. The van der Waals surface area contributed by atoms with Gasteiger partial charge in [-0.05, 0) is 19.1 Å². The lowest BCUT2D eigenvalue weighted by atomic mass is 9.96. The lowest BCUT2D eigenvalue weighted by molar-refractivity contribution is 0.398. The minimum absolute atomic E-state index is 0.129. The maximum absolute atomic E-state index is 6.32. The highest BCUT2D eigenvalue weighted by molar-refractivity contribution is 6.04. The van der Waals surface area contributed by atoms with Crippen LogP contribution in [0.1, 0.15) is 5.82 Å². The van der Waals surface area contributed by atoms with Gasteiger partial charge in [0.05, 0.1) is 18.2 Å². The number of anilines is 2. The molecule has 4 aromatic rings. The van der Waals surface area contributed by atoms with Gasteiger partial charge < -0.3 is 16.2 Å². The topological polar surface area (TPSA) is 126 Å².